The molecule has 0 aliphatic heterocycles. The molecule has 0 aromatic carbocycles. The van der Waals surface area contributed by atoms with E-state index in [9.17, 15) is 4.79 Å². The van der Waals surface area contributed by atoms with Crippen molar-refractivity contribution in [3.63, 3.8) is 0 Å². The molecule has 0 fully saturated rings. The number of rotatable bonds is 9. The van der Waals surface area contributed by atoms with Crippen molar-refractivity contribution in [1.82, 2.24) is 0 Å². The molecule has 0 spiro atoms. The van der Waals surface area contributed by atoms with Gasteiger partial charge in [0.1, 0.15) is 0 Å². The molecule has 0 atom stereocenters. The van der Waals surface area contributed by atoms with Crippen LogP contribution in [0, 0.1) is 0 Å². The van der Waals surface area contributed by atoms with Gasteiger partial charge in [-0.3, -0.25) is 0 Å². The minimum atomic E-state index is -0.288. The van der Waals surface area contributed by atoms with Crippen LogP contribution in [-0.2, 0) is 9.53 Å². The second-order valence-corrected chi connectivity index (χ2v) is 3.48. The number of ether oxygens (including phenoxy) is 1. The normalized spacial score (nSPS) is 10.0. The zero-order chi connectivity index (χ0) is 11.5. The summed E-state index contributed by atoms with van der Waals surface area (Å²) < 4.78 is 5.01. The average molecular weight is 214 g/mol. The van der Waals surface area contributed by atoms with Crippen molar-refractivity contribution in [3.05, 3.63) is 12.2 Å². The molecule has 0 aliphatic rings. The number of unbranched alkanes of at least 4 members (excludes halogenated alkanes) is 2. The van der Waals surface area contributed by atoms with Crippen LogP contribution in [0.15, 0.2) is 12.2 Å². The second kappa shape index (κ2) is 9.68. The van der Waals surface area contributed by atoms with Gasteiger partial charge in [-0.15, -0.1) is 0 Å². The number of hydrogen-bond acceptors (Lipinski definition) is 4. The highest BCUT2D eigenvalue weighted by Crippen LogP contribution is 2.06. The van der Waals surface area contributed by atoms with E-state index in [0.29, 0.717) is 31.7 Å². The molecule has 0 radical (unpaired) electrons. The summed E-state index contributed by atoms with van der Waals surface area (Å²) in [5.74, 6) is -0.288. The predicted molar refractivity (Wildman–Crippen MR) is 61.3 cm³/mol. The van der Waals surface area contributed by atoms with E-state index >= 15 is 0 Å². The zero-order valence-corrected chi connectivity index (χ0v) is 9.34. The van der Waals surface area contributed by atoms with E-state index in [1.54, 1.807) is 0 Å². The molecule has 15 heavy (non-hydrogen) atoms. The molecule has 0 aliphatic carbocycles. The maximum absolute atomic E-state index is 11.3. The van der Waals surface area contributed by atoms with Crippen molar-refractivity contribution in [2.45, 2.75) is 32.1 Å². The Morgan fingerprint density at radius 2 is 1.67 bits per heavy atom. The Bertz CT molecular complexity index is 193. The molecule has 0 aromatic heterocycles. The van der Waals surface area contributed by atoms with Gasteiger partial charge >= 0.3 is 5.97 Å². The van der Waals surface area contributed by atoms with E-state index in [1.165, 1.54) is 0 Å². The average Bonchev–Trinajstić information content (AvgIpc) is 2.24. The van der Waals surface area contributed by atoms with Crippen LogP contribution in [0.5, 0.6) is 0 Å². The highest BCUT2D eigenvalue weighted by atomic mass is 16.5. The van der Waals surface area contributed by atoms with Crippen molar-refractivity contribution < 1.29 is 9.53 Å². The van der Waals surface area contributed by atoms with Gasteiger partial charge in [0.25, 0.3) is 0 Å². The number of esters is 1. The van der Waals surface area contributed by atoms with Gasteiger partial charge in [-0.25, -0.2) is 4.79 Å². The monoisotopic (exact) mass is 214 g/mol. The molecule has 0 amide bonds. The standard InChI is InChI=1S/C11H22N2O2/c1-10(6-2-3-7-12)11(14)15-9-5-4-8-13/h1-9,12-13H2. The lowest BCUT2D eigenvalue weighted by molar-refractivity contribution is -0.139. The second-order valence-electron chi connectivity index (χ2n) is 3.48. The van der Waals surface area contributed by atoms with Crippen LogP contribution in [0.3, 0.4) is 0 Å². The summed E-state index contributed by atoms with van der Waals surface area (Å²) in [5.41, 5.74) is 11.2. The molecule has 4 nitrogen and oxygen atoms in total. The van der Waals surface area contributed by atoms with Gasteiger partial charge in [0.15, 0.2) is 0 Å². The maximum atomic E-state index is 11.3. The Hall–Kier alpha value is -0.870. The van der Waals surface area contributed by atoms with Crippen molar-refractivity contribution in [2.24, 2.45) is 11.5 Å². The number of carbonyl (C=O) groups is 1. The van der Waals surface area contributed by atoms with Crippen molar-refractivity contribution in [1.29, 1.82) is 0 Å². The third kappa shape index (κ3) is 8.15. The van der Waals surface area contributed by atoms with Gasteiger partial charge in [0, 0.05) is 5.57 Å². The topological polar surface area (TPSA) is 78.3 Å². The van der Waals surface area contributed by atoms with Gasteiger partial charge in [-0.2, -0.15) is 0 Å². The molecular weight excluding hydrogens is 192 g/mol. The Morgan fingerprint density at radius 1 is 1.07 bits per heavy atom. The van der Waals surface area contributed by atoms with E-state index in [0.717, 1.165) is 25.7 Å². The van der Waals surface area contributed by atoms with Crippen molar-refractivity contribution >= 4 is 5.97 Å². The molecule has 0 heterocycles. The lowest BCUT2D eigenvalue weighted by Gasteiger charge is -2.06. The summed E-state index contributed by atoms with van der Waals surface area (Å²) in [5, 5.41) is 0. The van der Waals surface area contributed by atoms with Crippen molar-refractivity contribution in [3.8, 4) is 0 Å². The largest absolute Gasteiger partial charge is 0.462 e. The van der Waals surface area contributed by atoms with E-state index in [4.69, 9.17) is 16.2 Å². The lowest BCUT2D eigenvalue weighted by atomic mass is 10.1. The van der Waals surface area contributed by atoms with E-state index < -0.39 is 0 Å². The van der Waals surface area contributed by atoms with Crippen LogP contribution in [0.2, 0.25) is 0 Å². The zero-order valence-electron chi connectivity index (χ0n) is 9.34. The number of carbonyl (C=O) groups excluding carboxylic acids is 1. The van der Waals surface area contributed by atoms with Gasteiger partial charge in [0.05, 0.1) is 6.61 Å². The fourth-order valence-corrected chi connectivity index (χ4v) is 1.10. The van der Waals surface area contributed by atoms with Gasteiger partial charge in [-0.05, 0) is 45.2 Å². The van der Waals surface area contributed by atoms with Gasteiger partial charge in [0.2, 0.25) is 0 Å². The molecular formula is C11H22N2O2. The molecule has 0 unspecified atom stereocenters. The van der Waals surface area contributed by atoms with Crippen LogP contribution in [0.25, 0.3) is 0 Å². The molecule has 0 saturated carbocycles. The maximum Gasteiger partial charge on any atom is 0.333 e. The van der Waals surface area contributed by atoms with E-state index in [2.05, 4.69) is 6.58 Å². The first kappa shape index (κ1) is 14.1. The molecule has 88 valence electrons. The SMILES string of the molecule is C=C(CCCCN)C(=O)OCCCCN. The quantitative estimate of drug-likeness (QED) is 0.340. The third-order valence-corrected chi connectivity index (χ3v) is 2.05. The van der Waals surface area contributed by atoms with Crippen molar-refractivity contribution in [2.75, 3.05) is 19.7 Å². The van der Waals surface area contributed by atoms with Crippen LogP contribution in [0.4, 0.5) is 0 Å². The Kier molecular flexibility index (Phi) is 9.11. The summed E-state index contributed by atoms with van der Waals surface area (Å²) in [6.45, 7) is 5.41. The fourth-order valence-electron chi connectivity index (χ4n) is 1.10. The Morgan fingerprint density at radius 3 is 2.27 bits per heavy atom. The van der Waals surface area contributed by atoms with Crippen LogP contribution in [-0.4, -0.2) is 25.7 Å². The Balaban J connectivity index is 3.47. The first-order valence-electron chi connectivity index (χ1n) is 5.47. The van der Waals surface area contributed by atoms with Crippen LogP contribution < -0.4 is 11.5 Å². The Labute approximate surface area is 91.7 Å². The van der Waals surface area contributed by atoms with Crippen LogP contribution in [0.1, 0.15) is 32.1 Å². The highest BCUT2D eigenvalue weighted by molar-refractivity contribution is 5.87. The minimum Gasteiger partial charge on any atom is -0.462 e. The fraction of sp³-hybridized carbons (Fsp3) is 0.727. The smallest absolute Gasteiger partial charge is 0.333 e. The van der Waals surface area contributed by atoms with E-state index in [-0.39, 0.29) is 5.97 Å². The van der Waals surface area contributed by atoms with E-state index in [1.807, 2.05) is 0 Å². The summed E-state index contributed by atoms with van der Waals surface area (Å²) in [6, 6.07) is 0. The lowest BCUT2D eigenvalue weighted by Crippen LogP contribution is -2.10. The third-order valence-electron chi connectivity index (χ3n) is 2.05. The van der Waals surface area contributed by atoms with Gasteiger partial charge in [-0.1, -0.05) is 6.58 Å². The number of nitrogens with two attached hydrogens (primary N) is 2. The number of hydrogen-bond donors (Lipinski definition) is 2. The predicted octanol–water partition coefficient (Wildman–Crippen LogP) is 0.954. The first-order valence-corrected chi connectivity index (χ1v) is 5.47. The minimum absolute atomic E-state index is 0.288. The molecule has 4 heteroatoms. The molecule has 0 bridgehead atoms. The molecule has 4 N–H and O–H groups in total. The molecule has 0 aromatic rings. The summed E-state index contributed by atoms with van der Waals surface area (Å²) in [4.78, 5) is 11.3. The summed E-state index contributed by atoms with van der Waals surface area (Å²) in [7, 11) is 0. The molecule has 0 rings (SSSR count). The van der Waals surface area contributed by atoms with Crippen LogP contribution >= 0.6 is 0 Å². The summed E-state index contributed by atoms with van der Waals surface area (Å²) in [6.07, 6.45) is 4.19. The highest BCUT2D eigenvalue weighted by Gasteiger charge is 2.07. The molecule has 0 saturated heterocycles. The van der Waals surface area contributed by atoms with Gasteiger partial charge < -0.3 is 16.2 Å². The summed E-state index contributed by atoms with van der Waals surface area (Å²) >= 11 is 0. The first-order chi connectivity index (χ1) is 7.22.